The summed E-state index contributed by atoms with van der Waals surface area (Å²) in [7, 11) is -3.53. The Balaban J connectivity index is 2.17. The van der Waals surface area contributed by atoms with E-state index in [1.165, 1.54) is 5.56 Å². The van der Waals surface area contributed by atoms with Crippen LogP contribution in [0.1, 0.15) is 44.2 Å². The summed E-state index contributed by atoms with van der Waals surface area (Å²) in [5.41, 5.74) is 2.93. The minimum atomic E-state index is -3.53. The molecule has 2 aromatic rings. The summed E-state index contributed by atoms with van der Waals surface area (Å²) in [6.45, 7) is 6.34. The van der Waals surface area contributed by atoms with Crippen molar-refractivity contribution in [1.82, 2.24) is 0 Å². The van der Waals surface area contributed by atoms with Crippen LogP contribution in [0.4, 0.5) is 5.69 Å². The number of nitrogens with one attached hydrogen (secondary N) is 1. The van der Waals surface area contributed by atoms with Gasteiger partial charge in [-0.3, -0.25) is 4.72 Å². The Hall–Kier alpha value is -1.81. The van der Waals surface area contributed by atoms with Crippen molar-refractivity contribution < 1.29 is 8.42 Å². The molecule has 118 valence electrons. The van der Waals surface area contributed by atoms with Gasteiger partial charge in [0.05, 0.1) is 4.90 Å². The Labute approximate surface area is 133 Å². The Bertz CT molecular complexity index is 704. The third-order valence-electron chi connectivity index (χ3n) is 3.99. The third-order valence-corrected chi connectivity index (χ3v) is 5.38. The zero-order valence-corrected chi connectivity index (χ0v) is 14.2. The van der Waals surface area contributed by atoms with Crippen LogP contribution in [0.25, 0.3) is 0 Å². The van der Waals surface area contributed by atoms with Gasteiger partial charge in [-0.15, -0.1) is 0 Å². The van der Waals surface area contributed by atoms with Crippen LogP contribution < -0.4 is 4.72 Å². The van der Waals surface area contributed by atoms with E-state index in [0.29, 0.717) is 11.6 Å². The monoisotopic (exact) mass is 317 g/mol. The highest BCUT2D eigenvalue weighted by Gasteiger charge is 2.14. The number of rotatable bonds is 6. The molecule has 0 aliphatic heterocycles. The molecule has 0 aromatic heterocycles. The summed E-state index contributed by atoms with van der Waals surface area (Å²) >= 11 is 0. The van der Waals surface area contributed by atoms with Crippen LogP contribution >= 0.6 is 0 Å². The lowest BCUT2D eigenvalue weighted by Gasteiger charge is -2.12. The van der Waals surface area contributed by atoms with Crippen LogP contribution in [0, 0.1) is 0 Å². The molecule has 3 nitrogen and oxygen atoms in total. The fourth-order valence-electron chi connectivity index (χ4n) is 2.23. The summed E-state index contributed by atoms with van der Waals surface area (Å²) in [5.74, 6) is 0.479. The Kier molecular flexibility index (Phi) is 5.24. The lowest BCUT2D eigenvalue weighted by molar-refractivity contribution is 0.601. The lowest BCUT2D eigenvalue weighted by Crippen LogP contribution is -2.13. The molecular weight excluding hydrogens is 294 g/mol. The number of sulfonamides is 1. The predicted molar refractivity (Wildman–Crippen MR) is 91.8 cm³/mol. The molecule has 0 fully saturated rings. The maximum absolute atomic E-state index is 12.4. The first kappa shape index (κ1) is 16.6. The van der Waals surface area contributed by atoms with Crippen molar-refractivity contribution in [2.75, 3.05) is 4.72 Å². The number of benzene rings is 2. The first-order valence-electron chi connectivity index (χ1n) is 7.68. The zero-order chi connectivity index (χ0) is 16.2. The van der Waals surface area contributed by atoms with Crippen LogP contribution in [-0.2, 0) is 16.4 Å². The maximum atomic E-state index is 12.4. The van der Waals surface area contributed by atoms with E-state index in [-0.39, 0.29) is 4.90 Å². The maximum Gasteiger partial charge on any atom is 0.261 e. The molecule has 2 aromatic carbocycles. The molecule has 0 spiro atoms. The minimum absolute atomic E-state index is 0.288. The lowest BCUT2D eigenvalue weighted by atomic mass is 9.99. The molecule has 0 radical (unpaired) electrons. The minimum Gasteiger partial charge on any atom is -0.280 e. The standard InChI is InChI=1S/C18H23NO2S/c1-4-14(3)16-8-10-17(11-9-16)19-22(20,21)18-12-6-15(5-2)7-13-18/h6-14,19H,4-5H2,1-3H3/t14-/m1/s1. The van der Waals surface area contributed by atoms with E-state index in [4.69, 9.17) is 0 Å². The first-order valence-corrected chi connectivity index (χ1v) is 9.16. The van der Waals surface area contributed by atoms with Crippen molar-refractivity contribution in [1.29, 1.82) is 0 Å². The van der Waals surface area contributed by atoms with Gasteiger partial charge in [0.2, 0.25) is 0 Å². The molecule has 2 rings (SSSR count). The molecule has 4 heteroatoms. The van der Waals surface area contributed by atoms with Crippen molar-refractivity contribution in [3.63, 3.8) is 0 Å². The van der Waals surface area contributed by atoms with E-state index in [1.54, 1.807) is 12.1 Å². The highest BCUT2D eigenvalue weighted by atomic mass is 32.2. The van der Waals surface area contributed by atoms with Gasteiger partial charge in [-0.2, -0.15) is 0 Å². The van der Waals surface area contributed by atoms with Crippen molar-refractivity contribution in [3.8, 4) is 0 Å². The molecule has 0 aliphatic rings. The number of aryl methyl sites for hydroxylation is 1. The van der Waals surface area contributed by atoms with Crippen molar-refractivity contribution in [3.05, 3.63) is 59.7 Å². The Morgan fingerprint density at radius 3 is 2.05 bits per heavy atom. The second-order valence-electron chi connectivity index (χ2n) is 5.53. The van der Waals surface area contributed by atoms with Crippen molar-refractivity contribution in [2.45, 2.75) is 44.4 Å². The second-order valence-corrected chi connectivity index (χ2v) is 7.22. The van der Waals surface area contributed by atoms with Crippen LogP contribution in [0.2, 0.25) is 0 Å². The SMILES string of the molecule is CCc1ccc(S(=O)(=O)Nc2ccc([C@H](C)CC)cc2)cc1. The molecule has 0 saturated carbocycles. The van der Waals surface area contributed by atoms with Crippen LogP contribution in [0.5, 0.6) is 0 Å². The van der Waals surface area contributed by atoms with Gasteiger partial charge in [-0.1, -0.05) is 45.0 Å². The van der Waals surface area contributed by atoms with E-state index < -0.39 is 10.0 Å². The Morgan fingerprint density at radius 1 is 0.955 bits per heavy atom. The summed E-state index contributed by atoms with van der Waals surface area (Å²) in [6.07, 6.45) is 1.96. The van der Waals surface area contributed by atoms with Gasteiger partial charge in [0.15, 0.2) is 0 Å². The van der Waals surface area contributed by atoms with Gasteiger partial charge >= 0.3 is 0 Å². The molecular formula is C18H23NO2S. The van der Waals surface area contributed by atoms with Gasteiger partial charge in [0.1, 0.15) is 0 Å². The van der Waals surface area contributed by atoms with E-state index in [9.17, 15) is 8.42 Å². The van der Waals surface area contributed by atoms with Crippen molar-refractivity contribution >= 4 is 15.7 Å². The first-order chi connectivity index (χ1) is 10.5. The van der Waals surface area contributed by atoms with Gasteiger partial charge in [0.25, 0.3) is 10.0 Å². The number of anilines is 1. The quantitative estimate of drug-likeness (QED) is 0.848. The fraction of sp³-hybridized carbons (Fsp3) is 0.333. The van der Waals surface area contributed by atoms with Crippen molar-refractivity contribution in [2.24, 2.45) is 0 Å². The van der Waals surface area contributed by atoms with Gasteiger partial charge in [-0.25, -0.2) is 8.42 Å². The topological polar surface area (TPSA) is 46.2 Å². The molecule has 0 heterocycles. The molecule has 0 saturated heterocycles. The molecule has 1 atom stereocenters. The van der Waals surface area contributed by atoms with Gasteiger partial charge < -0.3 is 0 Å². The van der Waals surface area contributed by atoms with Crippen LogP contribution in [0.15, 0.2) is 53.4 Å². The smallest absolute Gasteiger partial charge is 0.261 e. The summed E-state index contributed by atoms with van der Waals surface area (Å²) in [4.78, 5) is 0.288. The van der Waals surface area contributed by atoms with E-state index in [1.807, 2.05) is 43.3 Å². The van der Waals surface area contributed by atoms with Crippen LogP contribution in [-0.4, -0.2) is 8.42 Å². The van der Waals surface area contributed by atoms with E-state index >= 15 is 0 Å². The molecule has 0 aliphatic carbocycles. The normalized spacial score (nSPS) is 12.9. The molecule has 0 unspecified atom stereocenters. The number of hydrogen-bond donors (Lipinski definition) is 1. The largest absolute Gasteiger partial charge is 0.280 e. The van der Waals surface area contributed by atoms with Gasteiger partial charge in [-0.05, 0) is 54.2 Å². The molecule has 0 bridgehead atoms. The fourth-order valence-corrected chi connectivity index (χ4v) is 3.29. The molecule has 22 heavy (non-hydrogen) atoms. The predicted octanol–water partition coefficient (Wildman–Crippen LogP) is 4.56. The van der Waals surface area contributed by atoms with E-state index in [0.717, 1.165) is 18.4 Å². The summed E-state index contributed by atoms with van der Waals surface area (Å²) in [5, 5.41) is 0. The van der Waals surface area contributed by atoms with E-state index in [2.05, 4.69) is 18.6 Å². The second kappa shape index (κ2) is 6.97. The highest BCUT2D eigenvalue weighted by Crippen LogP contribution is 2.22. The summed E-state index contributed by atoms with van der Waals surface area (Å²) < 4.78 is 27.4. The Morgan fingerprint density at radius 2 is 1.55 bits per heavy atom. The zero-order valence-electron chi connectivity index (χ0n) is 13.3. The third kappa shape index (κ3) is 3.89. The molecule has 0 amide bonds. The highest BCUT2D eigenvalue weighted by molar-refractivity contribution is 7.92. The van der Waals surface area contributed by atoms with Crippen LogP contribution in [0.3, 0.4) is 0 Å². The molecule has 1 N–H and O–H groups in total. The average molecular weight is 317 g/mol. The average Bonchev–Trinajstić information content (AvgIpc) is 2.54. The van der Waals surface area contributed by atoms with Gasteiger partial charge in [0, 0.05) is 5.69 Å². The number of hydrogen-bond acceptors (Lipinski definition) is 2. The summed E-state index contributed by atoms with van der Waals surface area (Å²) in [6, 6.07) is 14.6.